The number of nitrogens with zero attached hydrogens (tertiary/aromatic N) is 1. The van der Waals surface area contributed by atoms with Crippen molar-refractivity contribution in [1.29, 1.82) is 0 Å². The van der Waals surface area contributed by atoms with Crippen molar-refractivity contribution in [3.8, 4) is 0 Å². The second kappa shape index (κ2) is 3.54. The highest BCUT2D eigenvalue weighted by Gasteiger charge is 2.48. The average Bonchev–Trinajstić information content (AvgIpc) is 2.71. The van der Waals surface area contributed by atoms with E-state index in [-0.39, 0.29) is 11.8 Å². The Kier molecular flexibility index (Phi) is 2.52. The van der Waals surface area contributed by atoms with Crippen LogP contribution in [0.2, 0.25) is 0 Å². The SMILES string of the molecule is CC(O)CN(C)C(=O)C1CC2CC2C1. The number of rotatable bonds is 3. The van der Waals surface area contributed by atoms with Gasteiger partial charge in [0.25, 0.3) is 0 Å². The quantitative estimate of drug-likeness (QED) is 0.729. The van der Waals surface area contributed by atoms with Gasteiger partial charge >= 0.3 is 0 Å². The zero-order valence-corrected chi connectivity index (χ0v) is 8.94. The van der Waals surface area contributed by atoms with E-state index in [2.05, 4.69) is 0 Å². The Morgan fingerprint density at radius 3 is 2.50 bits per heavy atom. The number of hydrogen-bond acceptors (Lipinski definition) is 2. The van der Waals surface area contributed by atoms with Gasteiger partial charge in [0, 0.05) is 19.5 Å². The number of aliphatic hydroxyl groups is 1. The third-order valence-corrected chi connectivity index (χ3v) is 3.51. The lowest BCUT2D eigenvalue weighted by atomic mass is 10.0. The second-order valence-electron chi connectivity index (χ2n) is 4.99. The van der Waals surface area contributed by atoms with Crippen LogP contribution in [-0.4, -0.2) is 35.6 Å². The fourth-order valence-electron chi connectivity index (χ4n) is 2.71. The van der Waals surface area contributed by atoms with E-state index in [0.717, 1.165) is 24.7 Å². The molecule has 0 saturated heterocycles. The van der Waals surface area contributed by atoms with Crippen LogP contribution in [0.4, 0.5) is 0 Å². The summed E-state index contributed by atoms with van der Waals surface area (Å²) in [5, 5.41) is 9.18. The Balaban J connectivity index is 1.82. The first-order valence-electron chi connectivity index (χ1n) is 5.51. The Labute approximate surface area is 85.1 Å². The van der Waals surface area contributed by atoms with Crippen molar-refractivity contribution >= 4 is 5.91 Å². The first-order chi connectivity index (χ1) is 6.58. The van der Waals surface area contributed by atoms with Crippen LogP contribution in [0.3, 0.4) is 0 Å². The summed E-state index contributed by atoms with van der Waals surface area (Å²) in [7, 11) is 1.79. The van der Waals surface area contributed by atoms with Gasteiger partial charge in [0.15, 0.2) is 0 Å². The van der Waals surface area contributed by atoms with E-state index in [1.165, 1.54) is 6.42 Å². The topological polar surface area (TPSA) is 40.5 Å². The van der Waals surface area contributed by atoms with Crippen molar-refractivity contribution in [3.05, 3.63) is 0 Å². The summed E-state index contributed by atoms with van der Waals surface area (Å²) < 4.78 is 0. The van der Waals surface area contributed by atoms with Crippen LogP contribution in [0.5, 0.6) is 0 Å². The fourth-order valence-corrected chi connectivity index (χ4v) is 2.71. The Morgan fingerprint density at radius 2 is 2.00 bits per heavy atom. The molecule has 0 aromatic carbocycles. The first-order valence-corrected chi connectivity index (χ1v) is 5.51. The minimum Gasteiger partial charge on any atom is -0.392 e. The molecule has 80 valence electrons. The summed E-state index contributed by atoms with van der Waals surface area (Å²) in [6.07, 6.45) is 3.12. The molecule has 14 heavy (non-hydrogen) atoms. The van der Waals surface area contributed by atoms with Gasteiger partial charge in [0.05, 0.1) is 6.10 Å². The Morgan fingerprint density at radius 1 is 1.43 bits per heavy atom. The zero-order chi connectivity index (χ0) is 10.3. The second-order valence-corrected chi connectivity index (χ2v) is 4.99. The molecule has 1 N–H and O–H groups in total. The zero-order valence-electron chi connectivity index (χ0n) is 8.94. The van der Waals surface area contributed by atoms with E-state index < -0.39 is 6.10 Å². The molecule has 0 spiro atoms. The molecule has 0 radical (unpaired) electrons. The van der Waals surface area contributed by atoms with Gasteiger partial charge in [-0.2, -0.15) is 0 Å². The van der Waals surface area contributed by atoms with Crippen molar-refractivity contribution in [3.63, 3.8) is 0 Å². The van der Waals surface area contributed by atoms with Crippen LogP contribution in [0.1, 0.15) is 26.2 Å². The molecule has 0 aromatic rings. The monoisotopic (exact) mass is 197 g/mol. The van der Waals surface area contributed by atoms with Gasteiger partial charge in [0.1, 0.15) is 0 Å². The maximum absolute atomic E-state index is 11.9. The molecule has 2 aliphatic carbocycles. The van der Waals surface area contributed by atoms with Gasteiger partial charge in [0.2, 0.25) is 5.91 Å². The molecule has 2 rings (SSSR count). The number of amides is 1. The molecule has 3 heteroatoms. The van der Waals surface area contributed by atoms with Crippen LogP contribution in [0, 0.1) is 17.8 Å². The fraction of sp³-hybridized carbons (Fsp3) is 0.909. The molecule has 3 nitrogen and oxygen atoms in total. The summed E-state index contributed by atoms with van der Waals surface area (Å²) in [6, 6.07) is 0. The minimum absolute atomic E-state index is 0.234. The highest BCUT2D eigenvalue weighted by molar-refractivity contribution is 5.79. The lowest BCUT2D eigenvalue weighted by molar-refractivity contribution is -0.135. The van der Waals surface area contributed by atoms with Crippen LogP contribution in [0.15, 0.2) is 0 Å². The molecule has 2 fully saturated rings. The Hall–Kier alpha value is -0.570. The largest absolute Gasteiger partial charge is 0.392 e. The molecule has 0 aromatic heterocycles. The van der Waals surface area contributed by atoms with Crippen molar-refractivity contribution in [2.75, 3.05) is 13.6 Å². The predicted octanol–water partition coefficient (Wildman–Crippen LogP) is 0.872. The van der Waals surface area contributed by atoms with Crippen LogP contribution in [0.25, 0.3) is 0 Å². The van der Waals surface area contributed by atoms with Gasteiger partial charge in [-0.05, 0) is 38.0 Å². The molecule has 3 atom stereocenters. The summed E-state index contributed by atoms with van der Waals surface area (Å²) in [5.41, 5.74) is 0. The molecule has 2 aliphatic rings. The lowest BCUT2D eigenvalue weighted by Crippen LogP contribution is -2.37. The highest BCUT2D eigenvalue weighted by atomic mass is 16.3. The van der Waals surface area contributed by atoms with Crippen molar-refractivity contribution in [2.24, 2.45) is 17.8 Å². The van der Waals surface area contributed by atoms with Gasteiger partial charge in [-0.1, -0.05) is 0 Å². The number of carbonyl (C=O) groups excluding carboxylic acids is 1. The van der Waals surface area contributed by atoms with Crippen molar-refractivity contribution in [1.82, 2.24) is 4.90 Å². The lowest BCUT2D eigenvalue weighted by Gasteiger charge is -2.22. The maximum Gasteiger partial charge on any atom is 0.225 e. The summed E-state index contributed by atoms with van der Waals surface area (Å²) in [5.74, 6) is 2.19. The summed E-state index contributed by atoms with van der Waals surface area (Å²) in [4.78, 5) is 13.5. The van der Waals surface area contributed by atoms with E-state index >= 15 is 0 Å². The van der Waals surface area contributed by atoms with Crippen LogP contribution < -0.4 is 0 Å². The van der Waals surface area contributed by atoms with Gasteiger partial charge in [-0.15, -0.1) is 0 Å². The number of likely N-dealkylation sites (N-methyl/N-ethyl adjacent to an activating group) is 1. The van der Waals surface area contributed by atoms with E-state index in [9.17, 15) is 9.90 Å². The molecule has 3 unspecified atom stereocenters. The molecular formula is C11H19NO2. The van der Waals surface area contributed by atoms with Crippen molar-refractivity contribution < 1.29 is 9.90 Å². The van der Waals surface area contributed by atoms with Crippen molar-refractivity contribution in [2.45, 2.75) is 32.3 Å². The number of hydrogen-bond donors (Lipinski definition) is 1. The molecule has 0 bridgehead atoms. The average molecular weight is 197 g/mol. The number of carbonyl (C=O) groups is 1. The van der Waals surface area contributed by atoms with E-state index in [0.29, 0.717) is 6.54 Å². The number of aliphatic hydroxyl groups excluding tert-OH is 1. The van der Waals surface area contributed by atoms with Gasteiger partial charge in [-0.3, -0.25) is 4.79 Å². The summed E-state index contributed by atoms with van der Waals surface area (Å²) in [6.45, 7) is 2.18. The Bertz CT molecular complexity index is 229. The molecule has 2 saturated carbocycles. The van der Waals surface area contributed by atoms with E-state index in [1.54, 1.807) is 18.9 Å². The van der Waals surface area contributed by atoms with E-state index in [4.69, 9.17) is 0 Å². The highest BCUT2D eigenvalue weighted by Crippen LogP contribution is 2.54. The molecule has 1 amide bonds. The first kappa shape index (κ1) is 9.97. The van der Waals surface area contributed by atoms with Gasteiger partial charge in [-0.25, -0.2) is 0 Å². The van der Waals surface area contributed by atoms with Gasteiger partial charge < -0.3 is 10.0 Å². The smallest absolute Gasteiger partial charge is 0.225 e. The van der Waals surface area contributed by atoms with Crippen LogP contribution >= 0.6 is 0 Å². The number of fused-ring (bicyclic) bond motifs is 1. The third kappa shape index (κ3) is 1.92. The predicted molar refractivity (Wildman–Crippen MR) is 53.6 cm³/mol. The third-order valence-electron chi connectivity index (χ3n) is 3.51. The summed E-state index contributed by atoms with van der Waals surface area (Å²) >= 11 is 0. The molecule has 0 heterocycles. The normalized spacial score (nSPS) is 36.4. The molecular weight excluding hydrogens is 178 g/mol. The maximum atomic E-state index is 11.9. The van der Waals surface area contributed by atoms with E-state index in [1.807, 2.05) is 0 Å². The minimum atomic E-state index is -0.417. The van der Waals surface area contributed by atoms with Crippen LogP contribution in [-0.2, 0) is 4.79 Å². The standard InChI is InChI=1S/C11H19NO2/c1-7(13)6-12(2)11(14)10-4-8-3-9(8)5-10/h7-10,13H,3-6H2,1-2H3. The molecule has 0 aliphatic heterocycles.